The van der Waals surface area contributed by atoms with E-state index in [1.54, 1.807) is 0 Å². The highest BCUT2D eigenvalue weighted by atomic mass is 28.3. The normalized spacial score (nSPS) is 13.4. The van der Waals surface area contributed by atoms with Crippen molar-refractivity contribution in [3.63, 3.8) is 0 Å². The number of allylic oxidation sites excluding steroid dienone is 4. The van der Waals surface area contributed by atoms with Crippen molar-refractivity contribution in [2.75, 3.05) is 171 Å². The van der Waals surface area contributed by atoms with Gasteiger partial charge in [0.05, 0.1) is 34.1 Å². The fraction of sp³-hybridized carbons (Fsp3) is 0.542. The van der Waals surface area contributed by atoms with Crippen LogP contribution in [0.2, 0.25) is 5.54 Å². The van der Waals surface area contributed by atoms with Crippen molar-refractivity contribution in [3.8, 4) is 0 Å². The molecule has 0 atom stereocenters. The highest BCUT2D eigenvalue weighted by Crippen LogP contribution is 2.52. The minimum Gasteiger partial charge on any atom is -0.377 e. The van der Waals surface area contributed by atoms with Gasteiger partial charge < -0.3 is 44.1 Å². The quantitative estimate of drug-likeness (QED) is 0.138. The van der Waals surface area contributed by atoms with E-state index in [1.165, 1.54) is 106 Å². The van der Waals surface area contributed by atoms with Crippen molar-refractivity contribution in [3.05, 3.63) is 57.2 Å². The van der Waals surface area contributed by atoms with E-state index in [4.69, 9.17) is 0 Å². The predicted molar refractivity (Wildman–Crippen MR) is 268 cm³/mol. The molecule has 0 saturated heterocycles. The van der Waals surface area contributed by atoms with Gasteiger partial charge >= 0.3 is 0 Å². The summed E-state index contributed by atoms with van der Waals surface area (Å²) in [5.41, 5.74) is 21.2. The summed E-state index contributed by atoms with van der Waals surface area (Å²) < 4.78 is 0. The van der Waals surface area contributed by atoms with Crippen LogP contribution < -0.4 is 59.7 Å². The number of nitrogens with zero attached hydrogens (tertiary/aromatic N) is 9. The lowest BCUT2D eigenvalue weighted by molar-refractivity contribution is 1.03. The SMILES string of the molecule is CC1=C(C)C([Si](c2cc(N(C)C)c(N(C)C)c(C)c2N(C)C)(c2cc(N(C)C)c(N(C)C)c(C)c2N(C)C)c2cc(N(C)C)c(N(C)C)c(C)c2N(C)C)C(C)=C1C. The molecule has 4 rings (SSSR count). The van der Waals surface area contributed by atoms with Crippen LogP contribution in [0.5, 0.6) is 0 Å². The first-order valence-corrected chi connectivity index (χ1v) is 22.7. The van der Waals surface area contributed by atoms with Gasteiger partial charge in [-0.3, -0.25) is 0 Å². The number of rotatable bonds is 13. The van der Waals surface area contributed by atoms with Gasteiger partial charge in [-0.1, -0.05) is 11.1 Å². The average Bonchev–Trinajstić information content (AvgIpc) is 3.28. The number of hydrogen-bond acceptors (Lipinski definition) is 9. The highest BCUT2D eigenvalue weighted by molar-refractivity contribution is 7.15. The molecule has 58 heavy (non-hydrogen) atoms. The Bertz CT molecular complexity index is 1900. The van der Waals surface area contributed by atoms with Gasteiger partial charge in [-0.25, -0.2) is 0 Å². The van der Waals surface area contributed by atoms with Gasteiger partial charge in [0.2, 0.25) is 0 Å². The standard InChI is InChI=1S/C48H79N9Si/c1-29-30(2)32(4)48(31(29)3)58(39-26-36(49(8)9)42(52(14)15)33(5)45(39)55(20)21,40-27-37(50(10)11)43(53(16)17)34(6)46(40)56(22)23)41-28-38(51(12)13)44(54(18)19)35(7)47(41)57(24)25/h26-28,48H,1-25H3. The van der Waals surface area contributed by atoms with Gasteiger partial charge in [0.1, 0.15) is 0 Å². The summed E-state index contributed by atoms with van der Waals surface area (Å²) in [7, 11) is 36.5. The van der Waals surface area contributed by atoms with E-state index < -0.39 is 8.07 Å². The summed E-state index contributed by atoms with van der Waals surface area (Å²) in [6.07, 6.45) is 0. The van der Waals surface area contributed by atoms with E-state index in [9.17, 15) is 0 Å². The zero-order valence-electron chi connectivity index (χ0n) is 41.3. The molecule has 0 radical (unpaired) electrons. The fourth-order valence-corrected chi connectivity index (χ4v) is 17.6. The Hall–Kier alpha value is -4.44. The lowest BCUT2D eigenvalue weighted by Crippen LogP contribution is -2.72. The number of hydrogen-bond donors (Lipinski definition) is 0. The molecule has 0 spiro atoms. The van der Waals surface area contributed by atoms with Crippen LogP contribution in [0, 0.1) is 20.8 Å². The summed E-state index contributed by atoms with van der Waals surface area (Å²) in [5.74, 6) is 0. The summed E-state index contributed by atoms with van der Waals surface area (Å²) in [5, 5.41) is 4.31. The van der Waals surface area contributed by atoms with Gasteiger partial charge in [-0.15, -0.1) is 0 Å². The van der Waals surface area contributed by atoms with Gasteiger partial charge in [-0.05, 0) is 110 Å². The first kappa shape index (κ1) is 46.2. The summed E-state index contributed by atoms with van der Waals surface area (Å²) >= 11 is 0. The molecule has 0 amide bonds. The smallest absolute Gasteiger partial charge is 0.167 e. The Morgan fingerprint density at radius 3 is 0.690 bits per heavy atom. The Morgan fingerprint density at radius 2 is 0.517 bits per heavy atom. The molecule has 0 unspecified atom stereocenters. The lowest BCUT2D eigenvalue weighted by Gasteiger charge is -2.48. The van der Waals surface area contributed by atoms with Crippen LogP contribution in [0.1, 0.15) is 44.4 Å². The molecular formula is C48H79N9Si. The zero-order chi connectivity index (χ0) is 44.4. The van der Waals surface area contributed by atoms with Crippen LogP contribution in [0.4, 0.5) is 51.2 Å². The molecule has 0 N–H and O–H groups in total. The first-order chi connectivity index (χ1) is 26.7. The summed E-state index contributed by atoms with van der Waals surface area (Å²) in [4.78, 5) is 21.2. The Labute approximate surface area is 355 Å². The zero-order valence-corrected chi connectivity index (χ0v) is 42.3. The van der Waals surface area contributed by atoms with Crippen molar-refractivity contribution in [1.82, 2.24) is 0 Å². The Morgan fingerprint density at radius 1 is 0.310 bits per heavy atom. The lowest BCUT2D eigenvalue weighted by atomic mass is 10.1. The molecule has 0 bridgehead atoms. The molecule has 320 valence electrons. The van der Waals surface area contributed by atoms with Crippen molar-refractivity contribution in [1.29, 1.82) is 0 Å². The molecular weight excluding hydrogens is 731 g/mol. The summed E-state index contributed by atoms with van der Waals surface area (Å²) in [6.45, 7) is 16.7. The largest absolute Gasteiger partial charge is 0.377 e. The molecule has 9 nitrogen and oxygen atoms in total. The van der Waals surface area contributed by atoms with Crippen molar-refractivity contribution in [2.24, 2.45) is 0 Å². The maximum Gasteiger partial charge on any atom is 0.167 e. The molecule has 3 aromatic carbocycles. The van der Waals surface area contributed by atoms with E-state index in [0.29, 0.717) is 0 Å². The monoisotopic (exact) mass is 810 g/mol. The topological polar surface area (TPSA) is 29.2 Å². The molecule has 10 heteroatoms. The summed E-state index contributed by atoms with van der Waals surface area (Å²) in [6, 6.07) is 7.84. The van der Waals surface area contributed by atoms with E-state index in [1.807, 2.05) is 0 Å². The first-order valence-electron chi connectivity index (χ1n) is 20.7. The number of benzene rings is 3. The third-order valence-electron chi connectivity index (χ3n) is 12.9. The molecule has 0 aromatic heterocycles. The van der Waals surface area contributed by atoms with Crippen LogP contribution >= 0.6 is 0 Å². The number of anilines is 9. The molecule has 1 aliphatic carbocycles. The van der Waals surface area contributed by atoms with Crippen LogP contribution in [0.3, 0.4) is 0 Å². The fourth-order valence-electron chi connectivity index (χ4n) is 10.6. The van der Waals surface area contributed by atoms with E-state index in [0.717, 1.165) is 0 Å². The predicted octanol–water partition coefficient (Wildman–Crippen LogP) is 6.73. The van der Waals surface area contributed by atoms with Gasteiger partial charge in [-0.2, -0.15) is 0 Å². The maximum absolute atomic E-state index is 3.40. The van der Waals surface area contributed by atoms with Crippen LogP contribution in [-0.4, -0.2) is 135 Å². The van der Waals surface area contributed by atoms with Crippen LogP contribution in [0.15, 0.2) is 40.5 Å². The van der Waals surface area contributed by atoms with Crippen molar-refractivity contribution in [2.45, 2.75) is 54.0 Å². The Kier molecular flexibility index (Phi) is 13.3. The minimum atomic E-state index is -3.40. The Balaban J connectivity index is 2.75. The second kappa shape index (κ2) is 16.7. The van der Waals surface area contributed by atoms with Crippen LogP contribution in [-0.2, 0) is 0 Å². The minimum absolute atomic E-state index is 0.127. The molecule has 0 aliphatic heterocycles. The molecule has 0 fully saturated rings. The third-order valence-corrected chi connectivity index (χ3v) is 18.3. The van der Waals surface area contributed by atoms with Gasteiger partial charge in [0.25, 0.3) is 0 Å². The maximum atomic E-state index is 2.61. The van der Waals surface area contributed by atoms with Crippen LogP contribution in [0.25, 0.3) is 0 Å². The van der Waals surface area contributed by atoms with Crippen molar-refractivity contribution < 1.29 is 0 Å². The van der Waals surface area contributed by atoms with Crippen molar-refractivity contribution >= 4 is 74.8 Å². The van der Waals surface area contributed by atoms with E-state index >= 15 is 0 Å². The second-order valence-corrected chi connectivity index (χ2v) is 22.5. The van der Waals surface area contributed by atoms with E-state index in [-0.39, 0.29) is 5.54 Å². The molecule has 3 aromatic rings. The average molecular weight is 810 g/mol. The third kappa shape index (κ3) is 7.17. The molecule has 0 heterocycles. The highest BCUT2D eigenvalue weighted by Gasteiger charge is 2.56. The van der Waals surface area contributed by atoms with E-state index in [2.05, 4.69) is 238 Å². The van der Waals surface area contributed by atoms with Gasteiger partial charge in [0.15, 0.2) is 8.07 Å². The van der Waals surface area contributed by atoms with Gasteiger partial charge in [0, 0.05) is 149 Å². The second-order valence-electron chi connectivity index (χ2n) is 18.7. The molecule has 0 saturated carbocycles. The molecule has 1 aliphatic rings.